The van der Waals surface area contributed by atoms with E-state index in [0.29, 0.717) is 17.4 Å². The Hall–Kier alpha value is -1.51. The van der Waals surface area contributed by atoms with E-state index in [4.69, 9.17) is 18.5 Å². The average Bonchev–Trinajstić information content (AvgIpc) is 3.04. The van der Waals surface area contributed by atoms with Crippen LogP contribution in [0.2, 0.25) is 0 Å². The average molecular weight is 717 g/mol. The van der Waals surface area contributed by atoms with Crippen LogP contribution in [-0.4, -0.2) is 74.9 Å². The van der Waals surface area contributed by atoms with Gasteiger partial charge in [0.15, 0.2) is 6.10 Å². The smallest absolute Gasteiger partial charge is 0.462 e. The number of esters is 2. The first-order valence-corrected chi connectivity index (χ1v) is 21.1. The predicted molar refractivity (Wildman–Crippen MR) is 201 cm³/mol. The Bertz CT molecular complexity index is 902. The zero-order chi connectivity index (χ0) is 36.5. The third-order valence-electron chi connectivity index (χ3n) is 8.23. The Morgan fingerprint density at radius 3 is 1.65 bits per heavy atom. The van der Waals surface area contributed by atoms with Crippen molar-refractivity contribution in [3.63, 3.8) is 0 Å². The van der Waals surface area contributed by atoms with Crippen molar-refractivity contribution in [1.29, 1.82) is 0 Å². The minimum absolute atomic E-state index is 0.0308. The van der Waals surface area contributed by atoms with Crippen LogP contribution < -0.4 is 0 Å². The third kappa shape index (κ3) is 36.1. The summed E-state index contributed by atoms with van der Waals surface area (Å²) in [4.78, 5) is 35.1. The van der Waals surface area contributed by atoms with E-state index in [9.17, 15) is 19.0 Å². The van der Waals surface area contributed by atoms with Gasteiger partial charge in [0.2, 0.25) is 0 Å². The Kier molecular flexibility index (Phi) is 31.4. The van der Waals surface area contributed by atoms with Crippen LogP contribution in [-0.2, 0) is 32.7 Å². The van der Waals surface area contributed by atoms with E-state index >= 15 is 0 Å². The van der Waals surface area contributed by atoms with Gasteiger partial charge in [0.25, 0.3) is 0 Å². The molecule has 0 aromatic heterocycles. The molecule has 0 heterocycles. The van der Waals surface area contributed by atoms with Gasteiger partial charge in [-0.25, -0.2) is 4.57 Å². The first-order chi connectivity index (χ1) is 23.5. The molecule has 2 atom stereocenters. The molecular formula is C39H75NO8P+. The fourth-order valence-corrected chi connectivity index (χ4v) is 5.84. The second-order valence-electron chi connectivity index (χ2n) is 14.3. The second-order valence-corrected chi connectivity index (χ2v) is 15.8. The number of likely N-dealkylation sites (N-methyl/N-ethyl adjacent to an activating group) is 1. The summed E-state index contributed by atoms with van der Waals surface area (Å²) in [5, 5.41) is 0. The number of nitrogens with zero attached hydrogens (tertiary/aromatic N) is 1. The van der Waals surface area contributed by atoms with Gasteiger partial charge in [0, 0.05) is 12.8 Å². The minimum Gasteiger partial charge on any atom is -0.462 e. The fraction of sp³-hybridized carbons (Fsp3) is 0.846. The number of carbonyl (C=O) groups is 2. The lowest BCUT2D eigenvalue weighted by Gasteiger charge is -2.24. The molecule has 0 bridgehead atoms. The highest BCUT2D eigenvalue weighted by atomic mass is 31.2. The van der Waals surface area contributed by atoms with Crippen LogP contribution in [0.1, 0.15) is 162 Å². The summed E-state index contributed by atoms with van der Waals surface area (Å²) in [5.74, 6) is -0.815. The topological polar surface area (TPSA) is 108 Å². The maximum absolute atomic E-state index is 12.6. The second kappa shape index (κ2) is 32.4. The lowest BCUT2D eigenvalue weighted by atomic mass is 10.1. The van der Waals surface area contributed by atoms with E-state index in [1.54, 1.807) is 0 Å². The summed E-state index contributed by atoms with van der Waals surface area (Å²) in [6, 6.07) is 0. The molecule has 0 rings (SSSR count). The number of rotatable bonds is 35. The molecule has 0 saturated carbocycles. The molecule has 10 heteroatoms. The van der Waals surface area contributed by atoms with Crippen molar-refractivity contribution >= 4 is 19.8 Å². The normalized spacial score (nSPS) is 14.0. The molecule has 0 spiro atoms. The first kappa shape index (κ1) is 47.5. The van der Waals surface area contributed by atoms with Crippen molar-refractivity contribution in [1.82, 2.24) is 0 Å². The molecule has 0 fully saturated rings. The van der Waals surface area contributed by atoms with Crippen LogP contribution in [0, 0.1) is 0 Å². The third-order valence-corrected chi connectivity index (χ3v) is 9.22. The Balaban J connectivity index is 4.42. The van der Waals surface area contributed by atoms with E-state index in [2.05, 4.69) is 38.2 Å². The molecule has 0 radical (unpaired) electrons. The van der Waals surface area contributed by atoms with Gasteiger partial charge in [-0.05, 0) is 44.9 Å². The van der Waals surface area contributed by atoms with Crippen LogP contribution in [0.5, 0.6) is 0 Å². The maximum atomic E-state index is 12.6. The highest BCUT2D eigenvalue weighted by Crippen LogP contribution is 2.43. The van der Waals surface area contributed by atoms with Gasteiger partial charge in [-0.2, -0.15) is 0 Å². The van der Waals surface area contributed by atoms with Crippen molar-refractivity contribution < 1.29 is 42.1 Å². The van der Waals surface area contributed by atoms with Crippen LogP contribution in [0.3, 0.4) is 0 Å². The Morgan fingerprint density at radius 2 is 1.10 bits per heavy atom. The SMILES string of the molecule is CCCCC/C=C/C/C=C/CCCCCCCC(=O)OC[C@@H](COP(=O)(O)OCC[N+](C)(C)C)OC(=O)CCCCCCCCCCCC. The summed E-state index contributed by atoms with van der Waals surface area (Å²) in [7, 11) is 1.47. The maximum Gasteiger partial charge on any atom is 0.472 e. The molecule has 0 aliphatic rings. The van der Waals surface area contributed by atoms with Gasteiger partial charge in [-0.15, -0.1) is 0 Å². The van der Waals surface area contributed by atoms with E-state index in [0.717, 1.165) is 57.8 Å². The Labute approximate surface area is 300 Å². The van der Waals surface area contributed by atoms with E-state index in [1.165, 1.54) is 70.6 Å². The summed E-state index contributed by atoms with van der Waals surface area (Å²) in [6.45, 7) is 4.35. The van der Waals surface area contributed by atoms with Gasteiger partial charge in [-0.3, -0.25) is 18.6 Å². The van der Waals surface area contributed by atoms with Gasteiger partial charge in [0.05, 0.1) is 27.7 Å². The zero-order valence-electron chi connectivity index (χ0n) is 32.2. The van der Waals surface area contributed by atoms with Crippen LogP contribution in [0.15, 0.2) is 24.3 Å². The minimum atomic E-state index is -4.36. The molecule has 0 aliphatic heterocycles. The largest absolute Gasteiger partial charge is 0.472 e. The molecule has 0 amide bonds. The molecule has 0 aromatic rings. The number of carbonyl (C=O) groups excluding carboxylic acids is 2. The van der Waals surface area contributed by atoms with E-state index in [1.807, 2.05) is 21.1 Å². The van der Waals surface area contributed by atoms with Crippen molar-refractivity contribution in [3.05, 3.63) is 24.3 Å². The molecular weight excluding hydrogens is 641 g/mol. The number of phosphoric ester groups is 1. The van der Waals surface area contributed by atoms with Crippen molar-refractivity contribution in [3.8, 4) is 0 Å². The van der Waals surface area contributed by atoms with Crippen molar-refractivity contribution in [2.75, 3.05) is 47.5 Å². The lowest BCUT2D eigenvalue weighted by Crippen LogP contribution is -2.37. The number of unbranched alkanes of at least 4 members (excludes halogenated alkanes) is 17. The summed E-state index contributed by atoms with van der Waals surface area (Å²) in [6.07, 6.45) is 32.2. The lowest BCUT2D eigenvalue weighted by molar-refractivity contribution is -0.870. The predicted octanol–water partition coefficient (Wildman–Crippen LogP) is 10.4. The number of ether oxygens (including phenoxy) is 2. The van der Waals surface area contributed by atoms with E-state index < -0.39 is 26.5 Å². The highest BCUT2D eigenvalue weighted by Gasteiger charge is 2.27. The van der Waals surface area contributed by atoms with Crippen LogP contribution in [0.25, 0.3) is 0 Å². The standard InChI is InChI=1S/C39H74NO8P/c1-6-8-10-12-14-16-18-19-20-21-22-24-25-27-29-31-38(41)45-35-37(36-47-49(43,44)46-34-33-40(3,4)5)48-39(42)32-30-28-26-23-17-15-13-11-9-7-2/h14,16,19-20,37H,6-13,15,17-18,21-36H2,1-5H3/p+1/b16-14+,20-19+/t37-/m0/s1. The van der Waals surface area contributed by atoms with Crippen molar-refractivity contribution in [2.45, 2.75) is 168 Å². The number of quaternary nitrogens is 1. The fourth-order valence-electron chi connectivity index (χ4n) is 5.10. The highest BCUT2D eigenvalue weighted by molar-refractivity contribution is 7.47. The molecule has 288 valence electrons. The van der Waals surface area contributed by atoms with Gasteiger partial charge in [-0.1, -0.05) is 128 Å². The number of hydrogen-bond donors (Lipinski definition) is 1. The Morgan fingerprint density at radius 1 is 0.633 bits per heavy atom. The summed E-state index contributed by atoms with van der Waals surface area (Å²) in [5.41, 5.74) is 0. The number of allylic oxidation sites excluding steroid dienone is 4. The molecule has 49 heavy (non-hydrogen) atoms. The zero-order valence-corrected chi connectivity index (χ0v) is 33.1. The van der Waals surface area contributed by atoms with Gasteiger partial charge in [0.1, 0.15) is 19.8 Å². The van der Waals surface area contributed by atoms with Gasteiger partial charge >= 0.3 is 19.8 Å². The monoisotopic (exact) mass is 717 g/mol. The molecule has 0 aromatic carbocycles. The first-order valence-electron chi connectivity index (χ1n) is 19.6. The molecule has 9 nitrogen and oxygen atoms in total. The molecule has 1 N–H and O–H groups in total. The number of phosphoric acid groups is 1. The molecule has 0 saturated heterocycles. The molecule has 1 unspecified atom stereocenters. The summed E-state index contributed by atoms with van der Waals surface area (Å²) >= 11 is 0. The van der Waals surface area contributed by atoms with Crippen LogP contribution in [0.4, 0.5) is 0 Å². The van der Waals surface area contributed by atoms with Gasteiger partial charge < -0.3 is 18.9 Å². The van der Waals surface area contributed by atoms with Crippen LogP contribution >= 0.6 is 7.82 Å². The number of hydrogen-bond acceptors (Lipinski definition) is 7. The van der Waals surface area contributed by atoms with Crippen molar-refractivity contribution in [2.24, 2.45) is 0 Å². The van der Waals surface area contributed by atoms with E-state index in [-0.39, 0.29) is 32.0 Å². The quantitative estimate of drug-likeness (QED) is 0.0227. The summed E-state index contributed by atoms with van der Waals surface area (Å²) < 4.78 is 34.1. The molecule has 0 aliphatic carbocycles.